The lowest BCUT2D eigenvalue weighted by atomic mass is 9.99. The van der Waals surface area contributed by atoms with E-state index in [2.05, 4.69) is 133 Å². The van der Waals surface area contributed by atoms with Gasteiger partial charge in [0, 0.05) is 16.7 Å². The van der Waals surface area contributed by atoms with Gasteiger partial charge in [-0.05, 0) is 39.1 Å². The number of rotatable bonds is 5. The van der Waals surface area contributed by atoms with Gasteiger partial charge < -0.3 is 0 Å². The van der Waals surface area contributed by atoms with E-state index in [1.165, 1.54) is 0 Å². The van der Waals surface area contributed by atoms with E-state index in [0.717, 1.165) is 49.7 Å². The van der Waals surface area contributed by atoms with Crippen molar-refractivity contribution in [2.75, 3.05) is 0 Å². The summed E-state index contributed by atoms with van der Waals surface area (Å²) in [5, 5.41) is 2.27. The number of hydrogen-bond donors (Lipinski definition) is 0. The Labute approximate surface area is 233 Å². The standard InChI is InChI=1S/C37H25N3/c1-3-13-26(14-4-1)29-19-11-20-30(25-29)35-38-36(33-23-10-9-22-31(33)27-15-5-2-6-16-27)40-37(39-35)34-24-12-18-28-17-7-8-21-32(28)34/h1-25H. The van der Waals surface area contributed by atoms with Crippen molar-refractivity contribution in [3.8, 4) is 56.4 Å². The lowest BCUT2D eigenvalue weighted by Crippen LogP contribution is -2.01. The first kappa shape index (κ1) is 23.7. The van der Waals surface area contributed by atoms with Crippen LogP contribution < -0.4 is 0 Å². The molecule has 40 heavy (non-hydrogen) atoms. The Morgan fingerprint density at radius 3 is 1.60 bits per heavy atom. The number of hydrogen-bond acceptors (Lipinski definition) is 3. The van der Waals surface area contributed by atoms with Crippen molar-refractivity contribution in [3.63, 3.8) is 0 Å². The van der Waals surface area contributed by atoms with Gasteiger partial charge in [-0.3, -0.25) is 0 Å². The summed E-state index contributed by atoms with van der Waals surface area (Å²) < 4.78 is 0. The van der Waals surface area contributed by atoms with Crippen LogP contribution in [0.1, 0.15) is 0 Å². The van der Waals surface area contributed by atoms with Crippen LogP contribution >= 0.6 is 0 Å². The monoisotopic (exact) mass is 511 g/mol. The smallest absolute Gasteiger partial charge is 0.164 e. The number of fused-ring (bicyclic) bond motifs is 1. The predicted octanol–water partition coefficient (Wildman–Crippen LogP) is 9.36. The third kappa shape index (κ3) is 4.55. The molecule has 1 heterocycles. The summed E-state index contributed by atoms with van der Waals surface area (Å²) >= 11 is 0. The van der Waals surface area contributed by atoms with Crippen molar-refractivity contribution in [1.82, 2.24) is 15.0 Å². The van der Waals surface area contributed by atoms with E-state index in [1.54, 1.807) is 0 Å². The van der Waals surface area contributed by atoms with Crippen molar-refractivity contribution in [2.45, 2.75) is 0 Å². The molecule has 3 nitrogen and oxygen atoms in total. The highest BCUT2D eigenvalue weighted by molar-refractivity contribution is 5.95. The highest BCUT2D eigenvalue weighted by atomic mass is 15.0. The van der Waals surface area contributed by atoms with Gasteiger partial charge in [-0.15, -0.1) is 0 Å². The van der Waals surface area contributed by atoms with Crippen molar-refractivity contribution >= 4 is 10.8 Å². The fourth-order valence-electron chi connectivity index (χ4n) is 5.18. The highest BCUT2D eigenvalue weighted by Crippen LogP contribution is 2.34. The molecule has 188 valence electrons. The summed E-state index contributed by atoms with van der Waals surface area (Å²) in [7, 11) is 0. The minimum atomic E-state index is 0.647. The molecule has 0 N–H and O–H groups in total. The average molecular weight is 512 g/mol. The third-order valence-corrected chi connectivity index (χ3v) is 7.15. The van der Waals surface area contributed by atoms with Crippen LogP contribution in [-0.4, -0.2) is 15.0 Å². The predicted molar refractivity (Wildman–Crippen MR) is 165 cm³/mol. The van der Waals surface area contributed by atoms with E-state index in [4.69, 9.17) is 15.0 Å². The van der Waals surface area contributed by atoms with E-state index in [9.17, 15) is 0 Å². The largest absolute Gasteiger partial charge is 0.208 e. The van der Waals surface area contributed by atoms with Gasteiger partial charge in [0.2, 0.25) is 0 Å². The van der Waals surface area contributed by atoms with Crippen molar-refractivity contribution in [2.24, 2.45) is 0 Å². The van der Waals surface area contributed by atoms with Crippen LogP contribution in [0.25, 0.3) is 67.2 Å². The zero-order chi connectivity index (χ0) is 26.7. The van der Waals surface area contributed by atoms with Gasteiger partial charge in [0.15, 0.2) is 17.5 Å². The van der Waals surface area contributed by atoms with E-state index < -0.39 is 0 Å². The summed E-state index contributed by atoms with van der Waals surface area (Å²) in [5.41, 5.74) is 7.39. The van der Waals surface area contributed by atoms with Crippen molar-refractivity contribution < 1.29 is 0 Å². The molecule has 1 aromatic heterocycles. The maximum absolute atomic E-state index is 5.09. The molecule has 0 saturated heterocycles. The van der Waals surface area contributed by atoms with E-state index in [0.29, 0.717) is 17.5 Å². The molecule has 0 saturated carbocycles. The van der Waals surface area contributed by atoms with Crippen LogP contribution in [0.4, 0.5) is 0 Å². The van der Waals surface area contributed by atoms with Gasteiger partial charge in [0.1, 0.15) is 0 Å². The molecule has 0 amide bonds. The fraction of sp³-hybridized carbons (Fsp3) is 0. The number of benzene rings is 6. The molecule has 3 heteroatoms. The molecule has 0 aliphatic heterocycles. The maximum Gasteiger partial charge on any atom is 0.164 e. The molecule has 0 aliphatic rings. The first-order valence-corrected chi connectivity index (χ1v) is 13.4. The molecule has 0 unspecified atom stereocenters. The van der Waals surface area contributed by atoms with Gasteiger partial charge in [-0.1, -0.05) is 146 Å². The number of nitrogens with zero attached hydrogens (tertiary/aromatic N) is 3. The molecule has 0 spiro atoms. The van der Waals surface area contributed by atoms with Gasteiger partial charge in [0.05, 0.1) is 0 Å². The summed E-state index contributed by atoms with van der Waals surface area (Å²) in [5.74, 6) is 1.95. The topological polar surface area (TPSA) is 38.7 Å². The Bertz CT molecular complexity index is 1940. The molecule has 0 atom stereocenters. The lowest BCUT2D eigenvalue weighted by molar-refractivity contribution is 1.08. The molecular formula is C37H25N3. The molecule has 6 aromatic carbocycles. The van der Waals surface area contributed by atoms with E-state index in [-0.39, 0.29) is 0 Å². The molecule has 7 aromatic rings. The summed E-state index contributed by atoms with van der Waals surface area (Å²) in [6.45, 7) is 0. The number of aromatic nitrogens is 3. The van der Waals surface area contributed by atoms with Crippen molar-refractivity contribution in [1.29, 1.82) is 0 Å². The Kier molecular flexibility index (Phi) is 6.15. The summed E-state index contributed by atoms with van der Waals surface area (Å²) in [6.07, 6.45) is 0. The first-order chi connectivity index (χ1) is 19.8. The molecule has 7 rings (SSSR count). The van der Waals surface area contributed by atoms with Crippen LogP contribution in [0.5, 0.6) is 0 Å². The molecule has 0 aliphatic carbocycles. The van der Waals surface area contributed by atoms with E-state index in [1.807, 2.05) is 18.2 Å². The lowest BCUT2D eigenvalue weighted by Gasteiger charge is -2.13. The SMILES string of the molecule is c1ccc(-c2cccc(-c3nc(-c4ccccc4-c4ccccc4)nc(-c4cccc5ccccc45)n3)c2)cc1. The van der Waals surface area contributed by atoms with Gasteiger partial charge in [-0.25, -0.2) is 15.0 Å². The van der Waals surface area contributed by atoms with Gasteiger partial charge in [0.25, 0.3) is 0 Å². The van der Waals surface area contributed by atoms with Gasteiger partial charge >= 0.3 is 0 Å². The minimum Gasteiger partial charge on any atom is -0.208 e. The van der Waals surface area contributed by atoms with Crippen LogP contribution in [-0.2, 0) is 0 Å². The Balaban J connectivity index is 1.47. The quantitative estimate of drug-likeness (QED) is 0.231. The molecule has 0 fully saturated rings. The molecule has 0 radical (unpaired) electrons. The van der Waals surface area contributed by atoms with Crippen LogP contribution in [0, 0.1) is 0 Å². The van der Waals surface area contributed by atoms with Crippen LogP contribution in [0.2, 0.25) is 0 Å². The minimum absolute atomic E-state index is 0.647. The maximum atomic E-state index is 5.09. The normalized spacial score (nSPS) is 11.0. The second-order valence-corrected chi connectivity index (χ2v) is 9.69. The van der Waals surface area contributed by atoms with Gasteiger partial charge in [-0.2, -0.15) is 0 Å². The average Bonchev–Trinajstić information content (AvgIpc) is 3.05. The second kappa shape index (κ2) is 10.4. The molecular weight excluding hydrogens is 486 g/mol. The second-order valence-electron chi connectivity index (χ2n) is 9.69. The Morgan fingerprint density at radius 1 is 0.300 bits per heavy atom. The molecule has 0 bridgehead atoms. The van der Waals surface area contributed by atoms with Crippen LogP contribution in [0.3, 0.4) is 0 Å². The summed E-state index contributed by atoms with van der Waals surface area (Å²) in [4.78, 5) is 15.2. The highest BCUT2D eigenvalue weighted by Gasteiger charge is 2.17. The van der Waals surface area contributed by atoms with Crippen LogP contribution in [0.15, 0.2) is 152 Å². The fourth-order valence-corrected chi connectivity index (χ4v) is 5.18. The Hall–Kier alpha value is -5.41. The zero-order valence-corrected chi connectivity index (χ0v) is 21.8. The zero-order valence-electron chi connectivity index (χ0n) is 21.8. The summed E-state index contributed by atoms with van der Waals surface area (Å²) in [6, 6.07) is 52.2. The van der Waals surface area contributed by atoms with Crippen molar-refractivity contribution in [3.05, 3.63) is 152 Å². The third-order valence-electron chi connectivity index (χ3n) is 7.15. The first-order valence-electron chi connectivity index (χ1n) is 13.4. The Morgan fingerprint density at radius 2 is 0.800 bits per heavy atom. The van der Waals surface area contributed by atoms with E-state index >= 15 is 0 Å².